The van der Waals surface area contributed by atoms with E-state index in [1.807, 2.05) is 48.2 Å². The Morgan fingerprint density at radius 1 is 1.04 bits per heavy atom. The van der Waals surface area contributed by atoms with E-state index in [0.29, 0.717) is 6.42 Å². The number of halogens is 1. The summed E-state index contributed by atoms with van der Waals surface area (Å²) < 4.78 is 1.11. The van der Waals surface area contributed by atoms with Crippen molar-refractivity contribution in [2.24, 2.45) is 0 Å². The second-order valence-corrected chi connectivity index (χ2v) is 7.26. The lowest BCUT2D eigenvalue weighted by atomic mass is 10.1. The summed E-state index contributed by atoms with van der Waals surface area (Å²) in [5, 5.41) is 0. The van der Waals surface area contributed by atoms with Gasteiger partial charge in [0.15, 0.2) is 0 Å². The van der Waals surface area contributed by atoms with E-state index in [4.69, 9.17) is 0 Å². The van der Waals surface area contributed by atoms with Crippen molar-refractivity contribution in [1.29, 1.82) is 0 Å². The van der Waals surface area contributed by atoms with E-state index in [-0.39, 0.29) is 5.91 Å². The van der Waals surface area contributed by atoms with E-state index >= 15 is 0 Å². The number of carbonyl (C=O) groups is 1. The fourth-order valence-electron chi connectivity index (χ4n) is 2.33. The van der Waals surface area contributed by atoms with Crippen LogP contribution >= 0.6 is 27.7 Å². The van der Waals surface area contributed by atoms with Gasteiger partial charge in [0.05, 0.1) is 0 Å². The minimum absolute atomic E-state index is 0.228. The van der Waals surface area contributed by atoms with E-state index in [0.717, 1.165) is 29.7 Å². The molecule has 2 aromatic carbocycles. The van der Waals surface area contributed by atoms with Gasteiger partial charge < -0.3 is 4.90 Å². The van der Waals surface area contributed by atoms with Gasteiger partial charge in [-0.1, -0.05) is 59.3 Å². The van der Waals surface area contributed by atoms with Crippen molar-refractivity contribution in [3.63, 3.8) is 0 Å². The molecule has 23 heavy (non-hydrogen) atoms. The average Bonchev–Trinajstić information content (AvgIpc) is 2.59. The van der Waals surface area contributed by atoms with Gasteiger partial charge in [-0.15, -0.1) is 11.8 Å². The lowest BCUT2D eigenvalue weighted by Crippen LogP contribution is -2.34. The summed E-state index contributed by atoms with van der Waals surface area (Å²) in [5.74, 6) is 1.15. The van der Waals surface area contributed by atoms with Crippen molar-refractivity contribution in [2.75, 3.05) is 18.8 Å². The third-order valence-corrected chi connectivity index (χ3v) is 5.40. The number of nitrogens with zero attached hydrogens (tertiary/aromatic N) is 1. The van der Waals surface area contributed by atoms with Gasteiger partial charge in [-0.3, -0.25) is 4.79 Å². The van der Waals surface area contributed by atoms with Crippen molar-refractivity contribution >= 4 is 33.6 Å². The molecule has 2 aromatic rings. The van der Waals surface area contributed by atoms with Crippen LogP contribution in [0.4, 0.5) is 0 Å². The topological polar surface area (TPSA) is 20.3 Å². The first-order valence-corrected chi connectivity index (χ1v) is 9.67. The van der Waals surface area contributed by atoms with Crippen molar-refractivity contribution in [3.8, 4) is 0 Å². The van der Waals surface area contributed by atoms with Gasteiger partial charge in [-0.2, -0.15) is 0 Å². The number of hydrogen-bond acceptors (Lipinski definition) is 2. The van der Waals surface area contributed by atoms with Crippen molar-refractivity contribution in [2.45, 2.75) is 24.7 Å². The largest absolute Gasteiger partial charge is 0.342 e. The van der Waals surface area contributed by atoms with Gasteiger partial charge in [-0.25, -0.2) is 0 Å². The Balaban J connectivity index is 1.87. The number of hydrogen-bond donors (Lipinski definition) is 0. The van der Waals surface area contributed by atoms with Crippen LogP contribution in [0.25, 0.3) is 0 Å². The Morgan fingerprint density at radius 3 is 2.43 bits per heavy atom. The van der Waals surface area contributed by atoms with Crippen LogP contribution in [0.1, 0.15) is 18.9 Å². The lowest BCUT2D eigenvalue weighted by molar-refractivity contribution is -0.130. The maximum atomic E-state index is 12.2. The number of rotatable bonds is 8. The first-order valence-electron chi connectivity index (χ1n) is 7.89. The van der Waals surface area contributed by atoms with Crippen LogP contribution in [-0.2, 0) is 11.2 Å². The number of amides is 1. The van der Waals surface area contributed by atoms with Crippen LogP contribution in [0, 0.1) is 0 Å². The highest BCUT2D eigenvalue weighted by atomic mass is 79.9. The third-order valence-electron chi connectivity index (χ3n) is 3.64. The lowest BCUT2D eigenvalue weighted by Gasteiger charge is -2.22. The monoisotopic (exact) mass is 391 g/mol. The Labute approximate surface area is 151 Å². The molecule has 0 radical (unpaired) electrons. The van der Waals surface area contributed by atoms with Gasteiger partial charge in [0.25, 0.3) is 0 Å². The second-order valence-electron chi connectivity index (χ2n) is 5.24. The molecule has 1 amide bonds. The smallest absolute Gasteiger partial charge is 0.222 e. The molecule has 2 rings (SSSR count). The minimum Gasteiger partial charge on any atom is -0.342 e. The van der Waals surface area contributed by atoms with Crippen molar-refractivity contribution in [1.82, 2.24) is 4.90 Å². The van der Waals surface area contributed by atoms with Crippen LogP contribution < -0.4 is 0 Å². The predicted molar refractivity (Wildman–Crippen MR) is 102 cm³/mol. The first-order chi connectivity index (χ1) is 11.2. The maximum absolute atomic E-state index is 12.2. The summed E-state index contributed by atoms with van der Waals surface area (Å²) in [6.07, 6.45) is 1.44. The molecule has 0 aliphatic rings. The summed E-state index contributed by atoms with van der Waals surface area (Å²) in [6.45, 7) is 3.49. The standard InChI is InChI=1S/C19H22BrNOS/c1-2-19(22)21(13-12-16-8-6-7-11-18(16)20)14-15-23-17-9-4-3-5-10-17/h3-11H,2,12-15H2,1H3. The van der Waals surface area contributed by atoms with E-state index in [2.05, 4.69) is 34.1 Å². The summed E-state index contributed by atoms with van der Waals surface area (Å²) in [5.41, 5.74) is 1.25. The van der Waals surface area contributed by atoms with Crippen molar-refractivity contribution < 1.29 is 4.79 Å². The Morgan fingerprint density at radius 2 is 1.74 bits per heavy atom. The van der Waals surface area contributed by atoms with E-state index in [9.17, 15) is 4.79 Å². The zero-order chi connectivity index (χ0) is 16.5. The van der Waals surface area contributed by atoms with Crippen LogP contribution in [0.15, 0.2) is 64.0 Å². The van der Waals surface area contributed by atoms with E-state index in [1.54, 1.807) is 11.8 Å². The van der Waals surface area contributed by atoms with E-state index < -0.39 is 0 Å². The Kier molecular flexibility index (Phi) is 7.69. The van der Waals surface area contributed by atoms with Crippen LogP contribution in [-0.4, -0.2) is 29.6 Å². The summed E-state index contributed by atoms with van der Waals surface area (Å²) in [4.78, 5) is 15.4. The molecule has 0 saturated heterocycles. The Bertz CT molecular complexity index is 618. The predicted octanol–water partition coefficient (Wildman–Crippen LogP) is 5.02. The molecule has 0 bridgehead atoms. The molecule has 0 heterocycles. The SMILES string of the molecule is CCC(=O)N(CCSc1ccccc1)CCc1ccccc1Br. The normalized spacial score (nSPS) is 10.5. The van der Waals surface area contributed by atoms with Gasteiger partial charge >= 0.3 is 0 Å². The molecule has 122 valence electrons. The van der Waals surface area contributed by atoms with Crippen molar-refractivity contribution in [3.05, 3.63) is 64.6 Å². The van der Waals surface area contributed by atoms with Gasteiger partial charge in [0.2, 0.25) is 5.91 Å². The fourth-order valence-corrected chi connectivity index (χ4v) is 3.71. The van der Waals surface area contributed by atoms with Crippen LogP contribution in [0.3, 0.4) is 0 Å². The van der Waals surface area contributed by atoms with Gasteiger partial charge in [0, 0.05) is 34.6 Å². The quantitative estimate of drug-likeness (QED) is 0.588. The minimum atomic E-state index is 0.228. The molecule has 0 saturated carbocycles. The maximum Gasteiger partial charge on any atom is 0.222 e. The fraction of sp³-hybridized carbons (Fsp3) is 0.316. The van der Waals surface area contributed by atoms with Gasteiger partial charge in [-0.05, 0) is 30.2 Å². The molecule has 0 aliphatic heterocycles. The molecule has 0 fully saturated rings. The highest BCUT2D eigenvalue weighted by Crippen LogP contribution is 2.19. The molecule has 0 N–H and O–H groups in total. The summed E-state index contributed by atoms with van der Waals surface area (Å²) in [6, 6.07) is 18.5. The molecule has 0 aliphatic carbocycles. The molecule has 0 unspecified atom stereocenters. The molecule has 0 aromatic heterocycles. The summed E-state index contributed by atoms with van der Waals surface area (Å²) >= 11 is 5.37. The third kappa shape index (κ3) is 6.04. The number of carbonyl (C=O) groups excluding carboxylic acids is 1. The number of thioether (sulfide) groups is 1. The van der Waals surface area contributed by atoms with Gasteiger partial charge in [0.1, 0.15) is 0 Å². The molecular weight excluding hydrogens is 370 g/mol. The molecule has 0 spiro atoms. The zero-order valence-corrected chi connectivity index (χ0v) is 15.8. The van der Waals surface area contributed by atoms with Crippen LogP contribution in [0.2, 0.25) is 0 Å². The highest BCUT2D eigenvalue weighted by molar-refractivity contribution is 9.10. The Hall–Kier alpha value is -1.26. The molecule has 0 atom stereocenters. The average molecular weight is 392 g/mol. The first kappa shape index (κ1) is 18.1. The molecular formula is C19H22BrNOS. The zero-order valence-electron chi connectivity index (χ0n) is 13.4. The second kappa shape index (κ2) is 9.78. The molecule has 2 nitrogen and oxygen atoms in total. The molecule has 4 heteroatoms. The van der Waals surface area contributed by atoms with E-state index in [1.165, 1.54) is 10.5 Å². The summed E-state index contributed by atoms with van der Waals surface area (Å²) in [7, 11) is 0. The number of benzene rings is 2. The van der Waals surface area contributed by atoms with Crippen LogP contribution in [0.5, 0.6) is 0 Å². The highest BCUT2D eigenvalue weighted by Gasteiger charge is 2.12.